The van der Waals surface area contributed by atoms with Crippen LogP contribution in [0.3, 0.4) is 0 Å². The molecule has 0 atom stereocenters. The highest BCUT2D eigenvalue weighted by molar-refractivity contribution is 6.08. The van der Waals surface area contributed by atoms with E-state index in [4.69, 9.17) is 8.83 Å². The van der Waals surface area contributed by atoms with E-state index >= 15 is 0 Å². The summed E-state index contributed by atoms with van der Waals surface area (Å²) in [4.78, 5) is 25.5. The summed E-state index contributed by atoms with van der Waals surface area (Å²) in [7, 11) is 0. The first-order valence-corrected chi connectivity index (χ1v) is 8.17. The lowest BCUT2D eigenvalue weighted by atomic mass is 10.2. The molecule has 3 aromatic heterocycles. The molecule has 0 spiro atoms. The van der Waals surface area contributed by atoms with E-state index in [2.05, 4.69) is 32.5 Å². The van der Waals surface area contributed by atoms with E-state index < -0.39 is 0 Å². The minimum atomic E-state index is -0.286. The average molecular weight is 341 g/mol. The van der Waals surface area contributed by atoms with Gasteiger partial charge in [-0.05, 0) is 33.6 Å². The molecule has 0 bridgehead atoms. The Morgan fingerprint density at radius 1 is 1.20 bits per heavy atom. The van der Waals surface area contributed by atoms with Crippen LogP contribution in [0.4, 0.5) is 5.82 Å². The van der Waals surface area contributed by atoms with Crippen molar-refractivity contribution in [3.63, 3.8) is 0 Å². The Morgan fingerprint density at radius 3 is 2.68 bits per heavy atom. The SMILES string of the molecule is Cc1coc(CNC(=O)c2coc3nc(C)nc(NC4(C)CC4)c23)n1. The Bertz CT molecular complexity index is 955. The van der Waals surface area contributed by atoms with Crippen LogP contribution in [0.1, 0.15) is 47.5 Å². The van der Waals surface area contributed by atoms with Gasteiger partial charge in [-0.1, -0.05) is 0 Å². The molecule has 4 rings (SSSR count). The van der Waals surface area contributed by atoms with Crippen molar-refractivity contribution in [2.24, 2.45) is 0 Å². The number of anilines is 1. The van der Waals surface area contributed by atoms with E-state index in [0.717, 1.165) is 18.5 Å². The maximum Gasteiger partial charge on any atom is 0.255 e. The number of aromatic nitrogens is 3. The van der Waals surface area contributed by atoms with Gasteiger partial charge in [0.1, 0.15) is 24.2 Å². The second-order valence-corrected chi connectivity index (χ2v) is 6.70. The number of hydrogen-bond donors (Lipinski definition) is 2. The zero-order valence-electron chi connectivity index (χ0n) is 14.3. The standard InChI is InChI=1S/C17H19N5O3/c1-9-7-24-12(19-9)6-18-15(23)11-8-25-16-13(11)14(20-10(2)21-16)22-17(3)4-5-17/h7-8H,4-6H2,1-3H3,(H,18,23)(H,20,21,22). The van der Waals surface area contributed by atoms with Gasteiger partial charge < -0.3 is 19.5 Å². The fourth-order valence-corrected chi connectivity index (χ4v) is 2.64. The first kappa shape index (κ1) is 15.6. The van der Waals surface area contributed by atoms with Gasteiger partial charge in [-0.3, -0.25) is 4.79 Å². The van der Waals surface area contributed by atoms with E-state index in [1.807, 2.05) is 6.92 Å². The van der Waals surface area contributed by atoms with Gasteiger partial charge in [0.05, 0.1) is 23.2 Å². The summed E-state index contributed by atoms with van der Waals surface area (Å²) in [6.07, 6.45) is 5.10. The van der Waals surface area contributed by atoms with Crippen molar-refractivity contribution in [1.82, 2.24) is 20.3 Å². The molecule has 8 heteroatoms. The number of oxazole rings is 1. The van der Waals surface area contributed by atoms with Gasteiger partial charge in [-0.25, -0.2) is 9.97 Å². The number of fused-ring (bicyclic) bond motifs is 1. The topological polar surface area (TPSA) is 106 Å². The lowest BCUT2D eigenvalue weighted by molar-refractivity contribution is 0.0948. The van der Waals surface area contributed by atoms with Crippen LogP contribution < -0.4 is 10.6 Å². The van der Waals surface area contributed by atoms with Gasteiger partial charge in [0.25, 0.3) is 5.91 Å². The average Bonchev–Trinajstić information content (AvgIpc) is 2.97. The predicted octanol–water partition coefficient (Wildman–Crippen LogP) is 2.72. The zero-order chi connectivity index (χ0) is 17.6. The molecule has 25 heavy (non-hydrogen) atoms. The summed E-state index contributed by atoms with van der Waals surface area (Å²) >= 11 is 0. The van der Waals surface area contributed by atoms with Crippen LogP contribution in [0.15, 0.2) is 21.4 Å². The molecule has 3 aromatic rings. The Hall–Kier alpha value is -2.90. The first-order valence-electron chi connectivity index (χ1n) is 8.17. The Labute approximate surface area is 144 Å². The largest absolute Gasteiger partial charge is 0.447 e. The summed E-state index contributed by atoms with van der Waals surface area (Å²) < 4.78 is 10.7. The van der Waals surface area contributed by atoms with Crippen LogP contribution in [-0.2, 0) is 6.54 Å². The lowest BCUT2D eigenvalue weighted by Gasteiger charge is -2.13. The smallest absolute Gasteiger partial charge is 0.255 e. The third-order valence-electron chi connectivity index (χ3n) is 4.28. The molecule has 0 saturated heterocycles. The Kier molecular flexibility index (Phi) is 3.48. The predicted molar refractivity (Wildman–Crippen MR) is 90.2 cm³/mol. The number of carbonyl (C=O) groups excluding carboxylic acids is 1. The molecule has 0 radical (unpaired) electrons. The summed E-state index contributed by atoms with van der Waals surface area (Å²) in [6, 6.07) is 0. The number of amides is 1. The number of nitrogens with zero attached hydrogens (tertiary/aromatic N) is 3. The van der Waals surface area contributed by atoms with Crippen molar-refractivity contribution in [2.45, 2.75) is 45.7 Å². The van der Waals surface area contributed by atoms with Gasteiger partial charge in [0, 0.05) is 5.54 Å². The number of rotatable bonds is 5. The lowest BCUT2D eigenvalue weighted by Crippen LogP contribution is -2.23. The van der Waals surface area contributed by atoms with Gasteiger partial charge in [-0.2, -0.15) is 4.98 Å². The van der Waals surface area contributed by atoms with Gasteiger partial charge in [0.15, 0.2) is 0 Å². The maximum absolute atomic E-state index is 12.6. The van der Waals surface area contributed by atoms with Gasteiger partial charge in [-0.15, -0.1) is 0 Å². The first-order chi connectivity index (χ1) is 11.9. The van der Waals surface area contributed by atoms with Crippen molar-refractivity contribution in [3.05, 3.63) is 35.5 Å². The van der Waals surface area contributed by atoms with Crippen molar-refractivity contribution in [1.29, 1.82) is 0 Å². The van der Waals surface area contributed by atoms with Gasteiger partial charge in [0.2, 0.25) is 11.6 Å². The fourth-order valence-electron chi connectivity index (χ4n) is 2.64. The van der Waals surface area contributed by atoms with Crippen LogP contribution in [0.5, 0.6) is 0 Å². The normalized spacial score (nSPS) is 15.3. The minimum absolute atomic E-state index is 0.0222. The quantitative estimate of drug-likeness (QED) is 0.735. The van der Waals surface area contributed by atoms with Crippen LogP contribution in [0, 0.1) is 13.8 Å². The highest BCUT2D eigenvalue weighted by Gasteiger charge is 2.38. The molecule has 1 amide bonds. The molecule has 0 aromatic carbocycles. The van der Waals surface area contributed by atoms with E-state index in [1.165, 1.54) is 6.26 Å². The highest BCUT2D eigenvalue weighted by Crippen LogP contribution is 2.39. The third-order valence-corrected chi connectivity index (χ3v) is 4.28. The minimum Gasteiger partial charge on any atom is -0.447 e. The summed E-state index contributed by atoms with van der Waals surface area (Å²) in [6.45, 7) is 5.95. The van der Waals surface area contributed by atoms with Crippen molar-refractivity contribution >= 4 is 22.8 Å². The maximum atomic E-state index is 12.6. The van der Waals surface area contributed by atoms with E-state index in [9.17, 15) is 4.79 Å². The molecule has 0 unspecified atom stereocenters. The molecule has 2 N–H and O–H groups in total. The Balaban J connectivity index is 1.63. The number of aryl methyl sites for hydroxylation is 2. The van der Waals surface area contributed by atoms with E-state index in [1.54, 1.807) is 13.2 Å². The van der Waals surface area contributed by atoms with Crippen molar-refractivity contribution in [2.75, 3.05) is 5.32 Å². The summed E-state index contributed by atoms with van der Waals surface area (Å²) in [5.74, 6) is 1.39. The highest BCUT2D eigenvalue weighted by atomic mass is 16.3. The van der Waals surface area contributed by atoms with Crippen LogP contribution >= 0.6 is 0 Å². The van der Waals surface area contributed by atoms with E-state index in [-0.39, 0.29) is 18.0 Å². The summed E-state index contributed by atoms with van der Waals surface area (Å²) in [5.41, 5.74) is 1.58. The molecular weight excluding hydrogens is 322 g/mol. The molecule has 1 fully saturated rings. The zero-order valence-corrected chi connectivity index (χ0v) is 14.3. The number of furan rings is 1. The second kappa shape index (κ2) is 5.58. The molecule has 8 nitrogen and oxygen atoms in total. The molecule has 1 aliphatic rings. The molecule has 1 saturated carbocycles. The van der Waals surface area contributed by atoms with Crippen molar-refractivity contribution < 1.29 is 13.6 Å². The monoisotopic (exact) mass is 341 g/mol. The number of carbonyl (C=O) groups is 1. The molecule has 1 aliphatic carbocycles. The Morgan fingerprint density at radius 2 is 2.00 bits per heavy atom. The van der Waals surface area contributed by atoms with Crippen LogP contribution in [-0.4, -0.2) is 26.4 Å². The molecular formula is C17H19N5O3. The van der Waals surface area contributed by atoms with Gasteiger partial charge >= 0.3 is 0 Å². The third kappa shape index (κ3) is 3.07. The number of hydrogen-bond acceptors (Lipinski definition) is 7. The van der Waals surface area contributed by atoms with Crippen LogP contribution in [0.25, 0.3) is 11.1 Å². The van der Waals surface area contributed by atoms with Crippen molar-refractivity contribution in [3.8, 4) is 0 Å². The molecule has 130 valence electrons. The second-order valence-electron chi connectivity index (χ2n) is 6.70. The van der Waals surface area contributed by atoms with Crippen LogP contribution in [0.2, 0.25) is 0 Å². The fraction of sp³-hybridized carbons (Fsp3) is 0.412. The van der Waals surface area contributed by atoms with E-state index in [0.29, 0.717) is 34.2 Å². The molecule has 3 heterocycles. The molecule has 0 aliphatic heterocycles. The summed E-state index contributed by atoms with van der Waals surface area (Å²) in [5, 5.41) is 6.80. The number of nitrogens with one attached hydrogen (secondary N) is 2.